The molecule has 2 rings (SSSR count). The molecule has 0 amide bonds. The summed E-state index contributed by atoms with van der Waals surface area (Å²) in [6.07, 6.45) is 7.30. The number of thioether (sulfide) groups is 1. The monoisotopic (exact) mass is 229 g/mol. The summed E-state index contributed by atoms with van der Waals surface area (Å²) in [5.74, 6) is 3.53. The predicted octanol–water partition coefficient (Wildman–Crippen LogP) is 2.02. The molecule has 1 saturated carbocycles. The summed E-state index contributed by atoms with van der Waals surface area (Å²) in [5, 5.41) is 13.4. The topological polar surface area (TPSA) is 32.3 Å². The minimum Gasteiger partial charge on any atom is -0.392 e. The second-order valence-corrected chi connectivity index (χ2v) is 6.15. The minimum absolute atomic E-state index is 0.0864. The molecule has 0 aromatic rings. The fourth-order valence-electron chi connectivity index (χ4n) is 2.62. The van der Waals surface area contributed by atoms with Crippen molar-refractivity contribution in [1.82, 2.24) is 5.32 Å². The van der Waals surface area contributed by atoms with Crippen molar-refractivity contribution in [3.63, 3.8) is 0 Å². The Hall–Kier alpha value is 0.270. The van der Waals surface area contributed by atoms with Crippen LogP contribution < -0.4 is 5.32 Å². The molecule has 1 heterocycles. The zero-order valence-corrected chi connectivity index (χ0v) is 10.3. The summed E-state index contributed by atoms with van der Waals surface area (Å²) in [7, 11) is 0. The van der Waals surface area contributed by atoms with Gasteiger partial charge in [0.15, 0.2) is 0 Å². The van der Waals surface area contributed by atoms with Crippen molar-refractivity contribution < 1.29 is 5.11 Å². The first kappa shape index (κ1) is 11.7. The van der Waals surface area contributed by atoms with E-state index in [1.54, 1.807) is 0 Å². The van der Waals surface area contributed by atoms with E-state index >= 15 is 0 Å². The van der Waals surface area contributed by atoms with Crippen molar-refractivity contribution in [1.29, 1.82) is 0 Å². The maximum Gasteiger partial charge on any atom is 0.0693 e. The van der Waals surface area contributed by atoms with Gasteiger partial charge in [0.25, 0.3) is 0 Å². The maximum absolute atomic E-state index is 9.83. The fraction of sp³-hybridized carbons (Fsp3) is 1.00. The van der Waals surface area contributed by atoms with Gasteiger partial charge in [0.2, 0.25) is 0 Å². The van der Waals surface area contributed by atoms with E-state index in [1.165, 1.54) is 43.6 Å². The lowest BCUT2D eigenvalue weighted by Crippen LogP contribution is -2.44. The van der Waals surface area contributed by atoms with Crippen LogP contribution in [0.1, 0.15) is 38.5 Å². The lowest BCUT2D eigenvalue weighted by atomic mass is 9.92. The van der Waals surface area contributed by atoms with Gasteiger partial charge >= 0.3 is 0 Å². The van der Waals surface area contributed by atoms with Gasteiger partial charge in [-0.2, -0.15) is 11.8 Å². The van der Waals surface area contributed by atoms with Gasteiger partial charge in [-0.05, 0) is 49.7 Å². The van der Waals surface area contributed by atoms with Crippen LogP contribution in [0.5, 0.6) is 0 Å². The number of hydrogen-bond acceptors (Lipinski definition) is 3. The molecule has 88 valence electrons. The van der Waals surface area contributed by atoms with E-state index in [0.29, 0.717) is 6.04 Å². The first-order valence-corrected chi connectivity index (χ1v) is 7.51. The first-order chi connectivity index (χ1) is 7.36. The summed E-state index contributed by atoms with van der Waals surface area (Å²) >= 11 is 2.08. The Bertz CT molecular complexity index is 182. The Morgan fingerprint density at radius 2 is 1.80 bits per heavy atom. The fourth-order valence-corrected chi connectivity index (χ4v) is 3.82. The molecule has 1 aliphatic heterocycles. The Morgan fingerprint density at radius 1 is 1.07 bits per heavy atom. The lowest BCUT2D eigenvalue weighted by Gasteiger charge is -2.31. The molecule has 1 aliphatic carbocycles. The van der Waals surface area contributed by atoms with E-state index in [4.69, 9.17) is 0 Å². The molecule has 2 fully saturated rings. The Morgan fingerprint density at radius 3 is 2.53 bits per heavy atom. The molecule has 0 bridgehead atoms. The van der Waals surface area contributed by atoms with Gasteiger partial charge < -0.3 is 10.4 Å². The number of aliphatic hydroxyl groups is 1. The van der Waals surface area contributed by atoms with E-state index in [-0.39, 0.29) is 6.10 Å². The molecule has 0 spiro atoms. The Kier molecular flexibility index (Phi) is 4.79. The molecule has 2 N–H and O–H groups in total. The van der Waals surface area contributed by atoms with Crippen molar-refractivity contribution in [2.75, 3.05) is 18.1 Å². The molecule has 0 unspecified atom stereocenters. The highest BCUT2D eigenvalue weighted by molar-refractivity contribution is 7.99. The second kappa shape index (κ2) is 6.12. The molecular weight excluding hydrogens is 206 g/mol. The molecule has 0 aromatic heterocycles. The summed E-state index contributed by atoms with van der Waals surface area (Å²) in [6.45, 7) is 1.13. The summed E-state index contributed by atoms with van der Waals surface area (Å²) in [6, 6.07) is 0.383. The molecule has 2 nitrogen and oxygen atoms in total. The van der Waals surface area contributed by atoms with Crippen molar-refractivity contribution >= 4 is 11.8 Å². The summed E-state index contributed by atoms with van der Waals surface area (Å²) < 4.78 is 0. The largest absolute Gasteiger partial charge is 0.392 e. The summed E-state index contributed by atoms with van der Waals surface area (Å²) in [4.78, 5) is 0. The number of rotatable bonds is 3. The van der Waals surface area contributed by atoms with Crippen LogP contribution in [0.3, 0.4) is 0 Å². The van der Waals surface area contributed by atoms with Crippen LogP contribution in [-0.4, -0.2) is 35.3 Å². The number of aliphatic hydroxyl groups excluding tert-OH is 1. The molecular formula is C12H23NOS. The standard InChI is InChI=1S/C12H23NOS/c14-12-4-2-1-3-11(12)13-9-10-5-7-15-8-6-10/h10-14H,1-9H2/t11-,12-/m0/s1. The average Bonchev–Trinajstić information content (AvgIpc) is 2.29. The minimum atomic E-state index is -0.0864. The quantitative estimate of drug-likeness (QED) is 0.776. The van der Waals surface area contributed by atoms with Gasteiger partial charge in [0, 0.05) is 6.04 Å². The molecule has 3 heteroatoms. The average molecular weight is 229 g/mol. The molecule has 2 aliphatic rings. The zero-order chi connectivity index (χ0) is 10.5. The highest BCUT2D eigenvalue weighted by Gasteiger charge is 2.23. The van der Waals surface area contributed by atoms with Crippen molar-refractivity contribution in [3.05, 3.63) is 0 Å². The van der Waals surface area contributed by atoms with Crippen LogP contribution in [0.25, 0.3) is 0 Å². The van der Waals surface area contributed by atoms with Crippen LogP contribution in [0.2, 0.25) is 0 Å². The van der Waals surface area contributed by atoms with Crippen LogP contribution in [0.15, 0.2) is 0 Å². The van der Waals surface area contributed by atoms with Gasteiger partial charge in [-0.3, -0.25) is 0 Å². The van der Waals surface area contributed by atoms with E-state index in [2.05, 4.69) is 17.1 Å². The van der Waals surface area contributed by atoms with Crippen LogP contribution in [0, 0.1) is 5.92 Å². The van der Waals surface area contributed by atoms with Gasteiger partial charge in [-0.15, -0.1) is 0 Å². The van der Waals surface area contributed by atoms with Gasteiger partial charge in [0.05, 0.1) is 6.10 Å². The van der Waals surface area contributed by atoms with Crippen molar-refractivity contribution in [2.24, 2.45) is 5.92 Å². The van der Waals surface area contributed by atoms with E-state index in [0.717, 1.165) is 18.9 Å². The molecule has 15 heavy (non-hydrogen) atoms. The van der Waals surface area contributed by atoms with E-state index < -0.39 is 0 Å². The zero-order valence-electron chi connectivity index (χ0n) is 9.45. The van der Waals surface area contributed by atoms with Crippen molar-refractivity contribution in [3.8, 4) is 0 Å². The highest BCUT2D eigenvalue weighted by Crippen LogP contribution is 2.23. The third-order valence-electron chi connectivity index (χ3n) is 3.74. The van der Waals surface area contributed by atoms with Gasteiger partial charge in [-0.1, -0.05) is 12.8 Å². The van der Waals surface area contributed by atoms with E-state index in [1.807, 2.05) is 0 Å². The Balaban J connectivity index is 1.67. The number of hydrogen-bond donors (Lipinski definition) is 2. The third kappa shape index (κ3) is 3.65. The third-order valence-corrected chi connectivity index (χ3v) is 4.79. The predicted molar refractivity (Wildman–Crippen MR) is 66.3 cm³/mol. The van der Waals surface area contributed by atoms with Crippen LogP contribution >= 0.6 is 11.8 Å². The van der Waals surface area contributed by atoms with Crippen LogP contribution in [0.4, 0.5) is 0 Å². The Labute approximate surface area is 97.2 Å². The second-order valence-electron chi connectivity index (χ2n) is 4.92. The lowest BCUT2D eigenvalue weighted by molar-refractivity contribution is 0.0886. The van der Waals surface area contributed by atoms with Crippen LogP contribution in [-0.2, 0) is 0 Å². The first-order valence-electron chi connectivity index (χ1n) is 6.35. The summed E-state index contributed by atoms with van der Waals surface area (Å²) in [5.41, 5.74) is 0. The molecule has 0 aromatic carbocycles. The van der Waals surface area contributed by atoms with Gasteiger partial charge in [0.1, 0.15) is 0 Å². The highest BCUT2D eigenvalue weighted by atomic mass is 32.2. The molecule has 2 atom stereocenters. The van der Waals surface area contributed by atoms with Gasteiger partial charge in [-0.25, -0.2) is 0 Å². The normalized spacial score (nSPS) is 34.2. The number of nitrogens with one attached hydrogen (secondary N) is 1. The van der Waals surface area contributed by atoms with Crippen molar-refractivity contribution in [2.45, 2.75) is 50.7 Å². The molecule has 0 radical (unpaired) electrons. The smallest absolute Gasteiger partial charge is 0.0693 e. The van der Waals surface area contributed by atoms with E-state index in [9.17, 15) is 5.11 Å². The molecule has 1 saturated heterocycles. The maximum atomic E-state index is 9.83. The SMILES string of the molecule is O[C@H]1CCCC[C@@H]1NCC1CCSCC1.